The van der Waals surface area contributed by atoms with E-state index < -0.39 is 35.1 Å². The van der Waals surface area contributed by atoms with Crippen molar-refractivity contribution in [2.45, 2.75) is 24.9 Å². The van der Waals surface area contributed by atoms with Crippen molar-refractivity contribution in [2.24, 2.45) is 5.73 Å². The number of aliphatic carboxylic acids is 1. The molecule has 2 unspecified atom stereocenters. The molecule has 11 nitrogen and oxygen atoms in total. The van der Waals surface area contributed by atoms with E-state index in [-0.39, 0.29) is 12.8 Å². The Hall–Kier alpha value is -4.42. The number of nitrogens with one attached hydrogen (secondary N) is 3. The summed E-state index contributed by atoms with van der Waals surface area (Å²) in [5.41, 5.74) is 8.00. The van der Waals surface area contributed by atoms with Crippen molar-refractivity contribution in [3.8, 4) is 11.5 Å². The largest absolute Gasteiger partial charge is 0.480 e. The van der Waals surface area contributed by atoms with Crippen molar-refractivity contribution in [2.75, 3.05) is 0 Å². The minimum Gasteiger partial charge on any atom is -0.480 e. The van der Waals surface area contributed by atoms with Crippen LogP contribution < -0.4 is 21.1 Å². The maximum atomic E-state index is 12.4. The van der Waals surface area contributed by atoms with E-state index in [9.17, 15) is 24.3 Å². The van der Waals surface area contributed by atoms with Gasteiger partial charge in [0.25, 0.3) is 11.1 Å². The predicted molar refractivity (Wildman–Crippen MR) is 136 cm³/mol. The molecule has 2 heterocycles. The quantitative estimate of drug-likeness (QED) is 0.250. The average molecular weight is 522 g/mol. The van der Waals surface area contributed by atoms with Crippen molar-refractivity contribution in [3.05, 3.63) is 82.8 Å². The first-order valence-corrected chi connectivity index (χ1v) is 12.0. The fourth-order valence-corrected chi connectivity index (χ4v) is 4.16. The number of hydrogen-bond donors (Lipinski definition) is 5. The van der Waals surface area contributed by atoms with Gasteiger partial charge >= 0.3 is 5.97 Å². The molecule has 0 bridgehead atoms. The highest BCUT2D eigenvalue weighted by atomic mass is 32.2. The molecule has 190 valence electrons. The highest BCUT2D eigenvalue weighted by Crippen LogP contribution is 2.27. The zero-order chi connectivity index (χ0) is 26.4. The molecule has 2 atom stereocenters. The fourth-order valence-electron chi connectivity index (χ4n) is 3.47. The predicted octanol–water partition coefficient (Wildman–Crippen LogP) is 2.21. The van der Waals surface area contributed by atoms with Crippen molar-refractivity contribution in [1.29, 1.82) is 0 Å². The molecule has 1 fully saturated rings. The van der Waals surface area contributed by atoms with Crippen LogP contribution in [0.25, 0.3) is 6.08 Å². The molecule has 3 amide bonds. The summed E-state index contributed by atoms with van der Waals surface area (Å²) in [6, 6.07) is 11.7. The Bertz CT molecular complexity index is 1320. The van der Waals surface area contributed by atoms with Crippen LogP contribution in [-0.2, 0) is 27.2 Å². The molecule has 1 aromatic heterocycles. The topological polar surface area (TPSA) is 176 Å². The van der Waals surface area contributed by atoms with Crippen molar-refractivity contribution >= 4 is 40.9 Å². The van der Waals surface area contributed by atoms with Crippen LogP contribution in [-0.4, -0.2) is 50.2 Å². The molecule has 0 radical (unpaired) electrons. The molecule has 1 aliphatic rings. The van der Waals surface area contributed by atoms with Gasteiger partial charge in [0.05, 0.1) is 17.3 Å². The second kappa shape index (κ2) is 11.5. The molecule has 1 saturated heterocycles. The van der Waals surface area contributed by atoms with Gasteiger partial charge in [-0.3, -0.25) is 19.7 Å². The molecule has 6 N–H and O–H groups in total. The van der Waals surface area contributed by atoms with Gasteiger partial charge in [-0.25, -0.2) is 9.78 Å². The third kappa shape index (κ3) is 7.06. The molecule has 12 heteroatoms. The monoisotopic (exact) mass is 521 g/mol. The first-order valence-electron chi connectivity index (χ1n) is 11.1. The Kier molecular flexibility index (Phi) is 8.01. The van der Waals surface area contributed by atoms with E-state index in [2.05, 4.69) is 20.6 Å². The lowest BCUT2D eigenvalue weighted by Crippen LogP contribution is -2.50. The molecule has 2 aromatic carbocycles. The summed E-state index contributed by atoms with van der Waals surface area (Å²) in [6.45, 7) is 0. The molecule has 0 aliphatic carbocycles. The number of aromatic amines is 1. The smallest absolute Gasteiger partial charge is 0.326 e. The SMILES string of the molecule is NC(Cc1cnc[nH]1)C(=O)NC(Cc1ccc(Oc2ccc(C=C3SC(=O)NC3=O)cc2)cc1)C(=O)O. The highest BCUT2D eigenvalue weighted by molar-refractivity contribution is 8.18. The Morgan fingerprint density at radius 1 is 1.08 bits per heavy atom. The zero-order valence-corrected chi connectivity index (χ0v) is 20.2. The summed E-state index contributed by atoms with van der Waals surface area (Å²) in [4.78, 5) is 54.1. The number of imide groups is 1. The van der Waals surface area contributed by atoms with E-state index in [1.54, 1.807) is 60.8 Å². The summed E-state index contributed by atoms with van der Waals surface area (Å²) < 4.78 is 5.82. The number of hydrogen-bond acceptors (Lipinski definition) is 8. The number of H-pyrrole nitrogens is 1. The third-order valence-corrected chi connectivity index (χ3v) is 6.18. The van der Waals surface area contributed by atoms with Crippen LogP contribution in [0.1, 0.15) is 16.8 Å². The van der Waals surface area contributed by atoms with Gasteiger partial charge in [-0.1, -0.05) is 24.3 Å². The molecule has 1 aliphatic heterocycles. The standard InChI is InChI=1S/C25H23N5O6S/c26-19(11-16-12-27-13-28-16)22(31)29-20(24(33)34)9-14-1-5-17(6-2-14)36-18-7-3-15(4-8-18)10-21-23(32)30-25(35)37-21/h1-8,10,12-13,19-20H,9,11,26H2,(H,27,28)(H,29,31)(H,33,34)(H,30,32,35). The first kappa shape index (κ1) is 25.7. The summed E-state index contributed by atoms with van der Waals surface area (Å²) in [5.74, 6) is -1.08. The van der Waals surface area contributed by atoms with Crippen LogP contribution in [0, 0.1) is 0 Å². The zero-order valence-electron chi connectivity index (χ0n) is 19.3. The first-order chi connectivity index (χ1) is 17.8. The molecular weight excluding hydrogens is 498 g/mol. The van der Waals surface area contributed by atoms with E-state index in [1.807, 2.05) is 0 Å². The van der Waals surface area contributed by atoms with Gasteiger partial charge in [-0.05, 0) is 53.2 Å². The normalized spacial score (nSPS) is 15.8. The van der Waals surface area contributed by atoms with Crippen LogP contribution in [0.15, 0.2) is 66.0 Å². The molecule has 37 heavy (non-hydrogen) atoms. The lowest BCUT2D eigenvalue weighted by Gasteiger charge is -2.18. The number of benzene rings is 2. The number of rotatable bonds is 10. The van der Waals surface area contributed by atoms with Crippen LogP contribution in [0.2, 0.25) is 0 Å². The molecular formula is C25H23N5O6S. The summed E-state index contributed by atoms with van der Waals surface area (Å²) >= 11 is 0.848. The Labute approximate surface area is 215 Å². The molecule has 0 saturated carbocycles. The minimum atomic E-state index is -1.17. The van der Waals surface area contributed by atoms with Crippen molar-refractivity contribution in [1.82, 2.24) is 20.6 Å². The van der Waals surface area contributed by atoms with Crippen LogP contribution in [0.5, 0.6) is 11.5 Å². The highest BCUT2D eigenvalue weighted by Gasteiger charge is 2.25. The average Bonchev–Trinajstić information content (AvgIpc) is 3.49. The van der Waals surface area contributed by atoms with Gasteiger partial charge in [-0.2, -0.15) is 0 Å². The van der Waals surface area contributed by atoms with Crippen molar-refractivity contribution in [3.63, 3.8) is 0 Å². The summed E-state index contributed by atoms with van der Waals surface area (Å²) in [7, 11) is 0. The number of carbonyl (C=O) groups is 4. The number of carboxylic acid groups (broad SMARTS) is 1. The lowest BCUT2D eigenvalue weighted by atomic mass is 10.0. The van der Waals surface area contributed by atoms with Crippen LogP contribution in [0.4, 0.5) is 4.79 Å². The second-order valence-electron chi connectivity index (χ2n) is 8.16. The van der Waals surface area contributed by atoms with Gasteiger partial charge in [-0.15, -0.1) is 0 Å². The van der Waals surface area contributed by atoms with E-state index in [4.69, 9.17) is 10.5 Å². The maximum absolute atomic E-state index is 12.4. The number of amides is 3. The number of carboxylic acids is 1. The van der Waals surface area contributed by atoms with Gasteiger partial charge in [0.15, 0.2) is 0 Å². The van der Waals surface area contributed by atoms with Crippen LogP contribution >= 0.6 is 11.8 Å². The summed E-state index contributed by atoms with van der Waals surface area (Å²) in [6.07, 6.45) is 4.91. The lowest BCUT2D eigenvalue weighted by molar-refractivity contribution is -0.142. The van der Waals surface area contributed by atoms with Gasteiger partial charge < -0.3 is 25.9 Å². The van der Waals surface area contributed by atoms with Gasteiger partial charge in [0, 0.05) is 24.7 Å². The van der Waals surface area contributed by atoms with E-state index in [0.29, 0.717) is 27.7 Å². The number of carbonyl (C=O) groups excluding carboxylic acids is 3. The minimum absolute atomic E-state index is 0.0651. The van der Waals surface area contributed by atoms with E-state index in [0.717, 1.165) is 17.3 Å². The molecule has 3 aromatic rings. The Morgan fingerprint density at radius 2 is 1.76 bits per heavy atom. The number of aromatic nitrogens is 2. The maximum Gasteiger partial charge on any atom is 0.326 e. The van der Waals surface area contributed by atoms with Gasteiger partial charge in [0.1, 0.15) is 17.5 Å². The third-order valence-electron chi connectivity index (χ3n) is 5.36. The number of thioether (sulfide) groups is 1. The number of ether oxygens (including phenoxy) is 1. The number of nitrogens with two attached hydrogens (primary N) is 1. The molecule has 0 spiro atoms. The van der Waals surface area contributed by atoms with E-state index in [1.165, 1.54) is 6.33 Å². The Balaban J connectivity index is 1.32. The number of nitrogens with zero attached hydrogens (tertiary/aromatic N) is 1. The van der Waals surface area contributed by atoms with Gasteiger partial charge in [0.2, 0.25) is 5.91 Å². The molecule has 4 rings (SSSR count). The Morgan fingerprint density at radius 3 is 2.32 bits per heavy atom. The summed E-state index contributed by atoms with van der Waals surface area (Å²) in [5, 5.41) is 13.9. The fraction of sp³-hybridized carbons (Fsp3) is 0.160. The van der Waals surface area contributed by atoms with E-state index >= 15 is 0 Å². The number of imidazole rings is 1. The second-order valence-corrected chi connectivity index (χ2v) is 9.17. The van der Waals surface area contributed by atoms with Crippen molar-refractivity contribution < 1.29 is 29.0 Å². The van der Waals surface area contributed by atoms with Crippen LogP contribution in [0.3, 0.4) is 0 Å².